The number of carboxylic acid groups (broad SMARTS) is 1. The van der Waals surface area contributed by atoms with E-state index in [2.05, 4.69) is 12.6 Å². The fourth-order valence-electron chi connectivity index (χ4n) is 1.72. The molecule has 0 heterocycles. The average molecular weight is 267 g/mol. The van der Waals surface area contributed by atoms with Gasteiger partial charge < -0.3 is 10.0 Å². The fraction of sp³-hybridized carbons (Fsp3) is 0.385. The second-order valence-corrected chi connectivity index (χ2v) is 4.52. The maximum atomic E-state index is 12.0. The number of aliphatic carboxylic acids is 1. The molecule has 0 spiro atoms. The van der Waals surface area contributed by atoms with E-state index in [-0.39, 0.29) is 18.4 Å². The number of nitrogens with zero attached hydrogens (tertiary/aromatic N) is 1. The first-order valence-electron chi connectivity index (χ1n) is 5.66. The van der Waals surface area contributed by atoms with Crippen LogP contribution in [0.4, 0.5) is 0 Å². The molecule has 0 aliphatic heterocycles. The number of hydrogen-bond donors (Lipinski definition) is 2. The van der Waals surface area contributed by atoms with E-state index in [9.17, 15) is 9.59 Å². The summed E-state index contributed by atoms with van der Waals surface area (Å²) in [5.41, 5.74) is 1.05. The van der Waals surface area contributed by atoms with E-state index < -0.39 is 5.97 Å². The van der Waals surface area contributed by atoms with Gasteiger partial charge in [-0.2, -0.15) is 12.6 Å². The standard InChI is InChI=1S/C13H17NO3S/c1-14(8-12(15)16)13(17)11(9-18)7-10-5-3-2-4-6-10/h2-6,11,18H,7-9H2,1H3,(H,15,16). The van der Waals surface area contributed by atoms with E-state index in [0.717, 1.165) is 5.56 Å². The lowest BCUT2D eigenvalue weighted by molar-refractivity contribution is -0.144. The van der Waals surface area contributed by atoms with Crippen molar-refractivity contribution in [1.82, 2.24) is 4.90 Å². The van der Waals surface area contributed by atoms with Gasteiger partial charge in [0, 0.05) is 12.8 Å². The van der Waals surface area contributed by atoms with Crippen molar-refractivity contribution in [2.45, 2.75) is 6.42 Å². The van der Waals surface area contributed by atoms with E-state index in [4.69, 9.17) is 5.11 Å². The monoisotopic (exact) mass is 267 g/mol. The van der Waals surface area contributed by atoms with Crippen LogP contribution in [0, 0.1) is 5.92 Å². The van der Waals surface area contributed by atoms with Gasteiger partial charge in [-0.25, -0.2) is 0 Å². The van der Waals surface area contributed by atoms with Gasteiger partial charge in [0.2, 0.25) is 5.91 Å². The molecule has 0 aliphatic rings. The third kappa shape index (κ3) is 4.41. The summed E-state index contributed by atoms with van der Waals surface area (Å²) in [6.07, 6.45) is 0.577. The fourth-order valence-corrected chi connectivity index (χ4v) is 2.01. The summed E-state index contributed by atoms with van der Waals surface area (Å²) >= 11 is 4.18. The molecule has 1 aromatic carbocycles. The molecule has 0 saturated heterocycles. The summed E-state index contributed by atoms with van der Waals surface area (Å²) in [6.45, 7) is -0.280. The van der Waals surface area contributed by atoms with Gasteiger partial charge in [-0.3, -0.25) is 9.59 Å². The van der Waals surface area contributed by atoms with Crippen LogP contribution in [-0.4, -0.2) is 41.2 Å². The van der Waals surface area contributed by atoms with Gasteiger partial charge in [-0.15, -0.1) is 0 Å². The van der Waals surface area contributed by atoms with Crippen molar-refractivity contribution in [2.24, 2.45) is 5.92 Å². The second kappa shape index (κ2) is 7.06. The number of hydrogen-bond acceptors (Lipinski definition) is 3. The van der Waals surface area contributed by atoms with Crippen molar-refractivity contribution in [3.8, 4) is 0 Å². The summed E-state index contributed by atoms with van der Waals surface area (Å²) in [7, 11) is 1.50. The lowest BCUT2D eigenvalue weighted by atomic mass is 10.00. The number of carbonyl (C=O) groups is 2. The van der Waals surface area contributed by atoms with E-state index in [1.54, 1.807) is 0 Å². The molecule has 1 rings (SSSR count). The Morgan fingerprint density at radius 1 is 1.33 bits per heavy atom. The Bertz CT molecular complexity index is 408. The first kappa shape index (κ1) is 14.6. The summed E-state index contributed by atoms with van der Waals surface area (Å²) in [5, 5.41) is 8.66. The summed E-state index contributed by atoms with van der Waals surface area (Å²) < 4.78 is 0. The maximum absolute atomic E-state index is 12.0. The van der Waals surface area contributed by atoms with Gasteiger partial charge in [0.1, 0.15) is 6.54 Å². The molecule has 4 nitrogen and oxygen atoms in total. The van der Waals surface area contributed by atoms with E-state index in [0.29, 0.717) is 12.2 Å². The van der Waals surface area contributed by atoms with Crippen molar-refractivity contribution >= 4 is 24.5 Å². The van der Waals surface area contributed by atoms with E-state index >= 15 is 0 Å². The van der Waals surface area contributed by atoms with Crippen LogP contribution in [0.1, 0.15) is 5.56 Å². The van der Waals surface area contributed by atoms with Crippen LogP contribution in [-0.2, 0) is 16.0 Å². The summed E-state index contributed by atoms with van der Waals surface area (Å²) in [6, 6.07) is 9.63. The molecule has 0 radical (unpaired) electrons. The van der Waals surface area contributed by atoms with Gasteiger partial charge in [-0.1, -0.05) is 30.3 Å². The largest absolute Gasteiger partial charge is 0.480 e. The van der Waals surface area contributed by atoms with Crippen LogP contribution in [0.2, 0.25) is 0 Å². The van der Waals surface area contributed by atoms with Crippen LogP contribution in [0.25, 0.3) is 0 Å². The zero-order valence-electron chi connectivity index (χ0n) is 10.2. The Morgan fingerprint density at radius 2 is 1.94 bits per heavy atom. The average Bonchev–Trinajstić information content (AvgIpc) is 2.35. The number of thiol groups is 1. The highest BCUT2D eigenvalue weighted by Gasteiger charge is 2.22. The molecule has 1 amide bonds. The zero-order chi connectivity index (χ0) is 13.5. The van der Waals surface area contributed by atoms with Crippen molar-refractivity contribution in [1.29, 1.82) is 0 Å². The van der Waals surface area contributed by atoms with Crippen LogP contribution >= 0.6 is 12.6 Å². The predicted molar refractivity (Wildman–Crippen MR) is 72.8 cm³/mol. The SMILES string of the molecule is CN(CC(=O)O)C(=O)C(CS)Cc1ccccc1. The lowest BCUT2D eigenvalue weighted by Crippen LogP contribution is -2.38. The van der Waals surface area contributed by atoms with Crippen LogP contribution in [0.15, 0.2) is 30.3 Å². The minimum absolute atomic E-state index is 0.184. The Kier molecular flexibility index (Phi) is 5.71. The molecule has 0 aromatic heterocycles. The highest BCUT2D eigenvalue weighted by molar-refractivity contribution is 7.80. The van der Waals surface area contributed by atoms with Crippen molar-refractivity contribution in [2.75, 3.05) is 19.3 Å². The molecule has 1 unspecified atom stereocenters. The first-order chi connectivity index (χ1) is 8.54. The molecule has 0 bridgehead atoms. The van der Waals surface area contributed by atoms with Crippen molar-refractivity contribution < 1.29 is 14.7 Å². The molecule has 18 heavy (non-hydrogen) atoms. The van der Waals surface area contributed by atoms with Crippen molar-refractivity contribution in [3.05, 3.63) is 35.9 Å². The number of carboxylic acids is 1. The maximum Gasteiger partial charge on any atom is 0.323 e. The normalized spacial score (nSPS) is 11.9. The van der Waals surface area contributed by atoms with Gasteiger partial charge in [0.15, 0.2) is 0 Å². The van der Waals surface area contributed by atoms with Crippen LogP contribution in [0.3, 0.4) is 0 Å². The zero-order valence-corrected chi connectivity index (χ0v) is 11.1. The molecule has 0 fully saturated rings. The number of likely N-dealkylation sites (N-methyl/N-ethyl adjacent to an activating group) is 1. The molecular formula is C13H17NO3S. The van der Waals surface area contributed by atoms with Gasteiger partial charge in [0.25, 0.3) is 0 Å². The van der Waals surface area contributed by atoms with Crippen LogP contribution in [0.5, 0.6) is 0 Å². The van der Waals surface area contributed by atoms with Gasteiger partial charge >= 0.3 is 5.97 Å². The van der Waals surface area contributed by atoms with E-state index in [1.807, 2.05) is 30.3 Å². The Morgan fingerprint density at radius 3 is 2.44 bits per heavy atom. The van der Waals surface area contributed by atoms with E-state index in [1.165, 1.54) is 11.9 Å². The van der Waals surface area contributed by atoms with Crippen molar-refractivity contribution in [3.63, 3.8) is 0 Å². The Balaban J connectivity index is 2.66. The molecule has 1 N–H and O–H groups in total. The number of rotatable bonds is 6. The van der Waals surface area contributed by atoms with Gasteiger partial charge in [0.05, 0.1) is 5.92 Å². The predicted octanol–water partition coefficient (Wildman–Crippen LogP) is 1.32. The number of benzene rings is 1. The minimum atomic E-state index is -1.01. The molecule has 0 saturated carbocycles. The smallest absolute Gasteiger partial charge is 0.323 e. The first-order valence-corrected chi connectivity index (χ1v) is 6.29. The Labute approximate surface area is 112 Å². The van der Waals surface area contributed by atoms with Crippen LogP contribution < -0.4 is 0 Å². The molecule has 1 aromatic rings. The minimum Gasteiger partial charge on any atom is -0.480 e. The quantitative estimate of drug-likeness (QED) is 0.764. The summed E-state index contributed by atoms with van der Waals surface area (Å²) in [4.78, 5) is 23.8. The molecule has 98 valence electrons. The third-order valence-electron chi connectivity index (χ3n) is 2.64. The van der Waals surface area contributed by atoms with Gasteiger partial charge in [-0.05, 0) is 12.0 Å². The molecule has 5 heteroatoms. The Hall–Kier alpha value is -1.49. The topological polar surface area (TPSA) is 57.6 Å². The highest BCUT2D eigenvalue weighted by atomic mass is 32.1. The molecular weight excluding hydrogens is 250 g/mol. The number of carbonyl (C=O) groups excluding carboxylic acids is 1. The number of amides is 1. The molecule has 1 atom stereocenters. The highest BCUT2D eigenvalue weighted by Crippen LogP contribution is 2.12. The molecule has 0 aliphatic carbocycles. The third-order valence-corrected chi connectivity index (χ3v) is 3.08. The lowest BCUT2D eigenvalue weighted by Gasteiger charge is -2.21. The summed E-state index contributed by atoms with van der Waals surface area (Å²) in [5.74, 6) is -1.09. The second-order valence-electron chi connectivity index (χ2n) is 4.16.